The van der Waals surface area contributed by atoms with Crippen LogP contribution in [0.5, 0.6) is 0 Å². The Morgan fingerprint density at radius 1 is 0.299 bits per heavy atom. The number of rotatable bonds is 22. The largest absolute Gasteiger partial charge is 0.512 e. The summed E-state index contributed by atoms with van der Waals surface area (Å²) in [6.07, 6.45) is 14.3. The van der Waals surface area contributed by atoms with Crippen LogP contribution in [0.3, 0.4) is 0 Å². The van der Waals surface area contributed by atoms with Crippen LogP contribution in [0.1, 0.15) is 152 Å². The fourth-order valence-corrected chi connectivity index (χ4v) is 16.2. The fraction of sp³-hybridized carbons (Fsp3) is 0.218. The second-order valence-corrected chi connectivity index (χ2v) is 38.5. The molecule has 10 nitrogen and oxygen atoms in total. The minimum atomic E-state index is -0.125. The smallest absolute Gasteiger partial charge is 0.159 e. The number of hydrogen-bond acceptors (Lipinski definition) is 10. The Bertz CT molecular complexity index is 6780. The molecule has 18 aromatic rings. The van der Waals surface area contributed by atoms with Crippen LogP contribution in [-0.2, 0) is 109 Å². The number of aryl methyl sites for hydroxylation is 7. The van der Waals surface area contributed by atoms with Crippen molar-refractivity contribution in [2.24, 2.45) is 29.6 Å². The molecular formula is C133H134Ir4N6O4-6. The number of pyridine rings is 6. The summed E-state index contributed by atoms with van der Waals surface area (Å²) in [4.78, 5) is 48.7. The Morgan fingerprint density at radius 3 is 1.05 bits per heavy atom. The first-order valence-electron chi connectivity index (χ1n) is 49.4. The van der Waals surface area contributed by atoms with Gasteiger partial charge >= 0.3 is 0 Å². The maximum Gasteiger partial charge on any atom is 0.159 e. The van der Waals surface area contributed by atoms with Gasteiger partial charge in [0.15, 0.2) is 11.6 Å². The molecule has 0 fully saturated rings. The number of carbonyl (C=O) groups is 2. The van der Waals surface area contributed by atoms with Gasteiger partial charge in [0, 0.05) is 141 Å². The summed E-state index contributed by atoms with van der Waals surface area (Å²) in [6.45, 7) is 39.2. The van der Waals surface area contributed by atoms with E-state index in [1.165, 1.54) is 120 Å². The van der Waals surface area contributed by atoms with E-state index in [0.717, 1.165) is 115 Å². The first kappa shape index (κ1) is 121. The molecule has 0 bridgehead atoms. The van der Waals surface area contributed by atoms with E-state index in [4.69, 9.17) is 15.1 Å². The first-order valence-corrected chi connectivity index (χ1v) is 49.4. The predicted molar refractivity (Wildman–Crippen MR) is 598 cm³/mol. The Kier molecular flexibility index (Phi) is 51.3. The number of benzene rings is 12. The molecule has 0 unspecified atom stereocenters. The van der Waals surface area contributed by atoms with Crippen molar-refractivity contribution < 1.29 is 100 Å². The summed E-state index contributed by atoms with van der Waals surface area (Å²) in [5.41, 5.74) is 36.7. The molecule has 4 radical (unpaired) electrons. The van der Waals surface area contributed by atoms with E-state index < -0.39 is 0 Å². The number of nitrogens with zero attached hydrogens (tertiary/aromatic N) is 6. The van der Waals surface area contributed by atoms with Crippen LogP contribution in [0.15, 0.2) is 376 Å². The van der Waals surface area contributed by atoms with Gasteiger partial charge in [0.05, 0.1) is 22.6 Å². The number of aliphatic hydroxyl groups is 2. The topological polar surface area (TPSA) is 152 Å². The molecule has 0 aliphatic heterocycles. The number of carbonyl (C=O) groups excluding carboxylic acids is 2. The van der Waals surface area contributed by atoms with E-state index in [2.05, 4.69) is 321 Å². The first-order chi connectivity index (χ1) is 68.8. The molecule has 2 N–H and O–H groups in total. The van der Waals surface area contributed by atoms with E-state index in [9.17, 15) is 14.7 Å². The van der Waals surface area contributed by atoms with Gasteiger partial charge in [0.2, 0.25) is 0 Å². The molecule has 147 heavy (non-hydrogen) atoms. The Labute approximate surface area is 928 Å². The molecule has 0 saturated heterocycles. The monoisotopic (exact) mass is 2650 g/mol. The summed E-state index contributed by atoms with van der Waals surface area (Å²) in [5, 5.41) is 20.2. The molecule has 0 aliphatic carbocycles. The number of aliphatic hydroxyl groups excluding tert-OH is 2. The summed E-state index contributed by atoms with van der Waals surface area (Å²) in [5.74, 6) is 2.77. The molecule has 0 saturated carbocycles. The quantitative estimate of drug-likeness (QED) is 0.0381. The molecule has 14 heteroatoms. The second-order valence-electron chi connectivity index (χ2n) is 38.5. The number of aromatic nitrogens is 6. The van der Waals surface area contributed by atoms with Gasteiger partial charge in [0.1, 0.15) is 0 Å². The van der Waals surface area contributed by atoms with Gasteiger partial charge in [-0.05, 0) is 221 Å². The zero-order chi connectivity index (χ0) is 102. The van der Waals surface area contributed by atoms with Gasteiger partial charge < -0.3 is 30.1 Å². The number of fused-ring (bicyclic) bond motifs is 2. The fourth-order valence-electron chi connectivity index (χ4n) is 16.2. The van der Waals surface area contributed by atoms with Crippen LogP contribution < -0.4 is 0 Å². The minimum Gasteiger partial charge on any atom is -0.512 e. The van der Waals surface area contributed by atoms with Gasteiger partial charge in [-0.3, -0.25) is 19.6 Å². The van der Waals surface area contributed by atoms with E-state index >= 15 is 0 Å². The third-order valence-electron chi connectivity index (χ3n) is 22.7. The summed E-state index contributed by atoms with van der Waals surface area (Å²) >= 11 is 0. The third-order valence-corrected chi connectivity index (χ3v) is 22.7. The van der Waals surface area contributed by atoms with Gasteiger partial charge in [-0.1, -0.05) is 278 Å². The van der Waals surface area contributed by atoms with Crippen LogP contribution in [0.25, 0.3) is 134 Å². The summed E-state index contributed by atoms with van der Waals surface area (Å²) < 4.78 is 0. The van der Waals surface area contributed by atoms with Crippen molar-refractivity contribution >= 4 is 33.4 Å². The molecule has 12 aromatic carbocycles. The Morgan fingerprint density at radius 2 is 0.680 bits per heavy atom. The molecule has 0 atom stereocenters. The zero-order valence-corrected chi connectivity index (χ0v) is 97.4. The van der Waals surface area contributed by atoms with Crippen molar-refractivity contribution in [3.63, 3.8) is 0 Å². The van der Waals surface area contributed by atoms with Crippen molar-refractivity contribution in [2.45, 2.75) is 164 Å². The number of allylic oxidation sites excluding steroid dienone is 4. The van der Waals surface area contributed by atoms with E-state index in [0.29, 0.717) is 42.4 Å². The van der Waals surface area contributed by atoms with Crippen molar-refractivity contribution in [1.82, 2.24) is 29.9 Å². The zero-order valence-electron chi connectivity index (χ0n) is 87.8. The van der Waals surface area contributed by atoms with Gasteiger partial charge in [-0.25, -0.2) is 0 Å². The van der Waals surface area contributed by atoms with Crippen LogP contribution in [0.2, 0.25) is 0 Å². The van der Waals surface area contributed by atoms with Crippen molar-refractivity contribution in [3.05, 3.63) is 468 Å². The van der Waals surface area contributed by atoms with Crippen molar-refractivity contribution in [1.29, 1.82) is 0 Å². The Hall–Kier alpha value is -12.9. The van der Waals surface area contributed by atoms with Gasteiger partial charge in [-0.15, -0.1) is 213 Å². The second kappa shape index (κ2) is 62.3. The van der Waals surface area contributed by atoms with Crippen LogP contribution >= 0.6 is 0 Å². The van der Waals surface area contributed by atoms with Crippen molar-refractivity contribution in [3.8, 4) is 112 Å². The van der Waals surface area contributed by atoms with E-state index in [-0.39, 0.29) is 104 Å². The average Bonchev–Trinajstić information content (AvgIpc) is 0.780. The van der Waals surface area contributed by atoms with E-state index in [1.807, 2.05) is 199 Å². The molecule has 6 aromatic heterocycles. The maximum atomic E-state index is 11.2. The van der Waals surface area contributed by atoms with Gasteiger partial charge in [-0.2, -0.15) is 0 Å². The summed E-state index contributed by atoms with van der Waals surface area (Å²) in [6, 6.07) is 133. The van der Waals surface area contributed by atoms with Gasteiger partial charge in [0.25, 0.3) is 0 Å². The maximum absolute atomic E-state index is 11.2. The molecule has 0 spiro atoms. The predicted octanol–water partition coefficient (Wildman–Crippen LogP) is 34.1. The van der Waals surface area contributed by atoms with Crippen LogP contribution in [0, 0.1) is 114 Å². The molecule has 0 amide bonds. The van der Waals surface area contributed by atoms with Crippen LogP contribution in [0.4, 0.5) is 0 Å². The molecular weight excluding hydrogens is 2510 g/mol. The molecule has 6 heterocycles. The Balaban J connectivity index is 0.000000234. The van der Waals surface area contributed by atoms with Crippen LogP contribution in [-0.4, -0.2) is 51.7 Å². The average molecular weight is 2650 g/mol. The molecule has 762 valence electrons. The summed E-state index contributed by atoms with van der Waals surface area (Å²) in [7, 11) is 0. The normalized spacial score (nSPS) is 10.7. The SMILES string of the molecule is CC(=O)C=C(C)O.CC(C)CC(=O)C=C(O)CC(C)C.CC(C)Cc1ccc(-c2ccnc(-c3[c-]cccc3)c2)cc1.Cc1[c-]c(-c2cc(CC(C)C)c3cc(-c4ccc(C)cc4)ccc3n2)cc(C)c1.Cc1[c-]c(-c2cc(CC(C)C)c3cc(-c4ccc(C)cc4)ccc3n2)cc(C)c1.Cc1ccc(-c2[c-]cccc2)nc1.[Ir].[Ir].[Ir].[Ir].[c-]1ccccc1-c1ccc(-c2ccccc2)cn1.[c-]1ccccc1-c1ccccn1. The third kappa shape index (κ3) is 40.7. The minimum absolute atomic E-state index is 0. The van der Waals surface area contributed by atoms with Crippen molar-refractivity contribution in [2.75, 3.05) is 0 Å². The standard InChI is InChI=1S/2C28H28N.C21H20N.C17H12N.C12H10N.C11H8N.C11H20O2.C5H8O2.4Ir/c2*1-18(2)12-24-17-28(25-14-20(4)13-21(5)15-25)29-27-11-10-23(16-26(24)27)22-8-6-19(3)7-9-22;1-16(2)14-17-8-10-18(11-9-17)20-12-13-22-21(15-20)19-6-4-3-5-7-19;1-3-7-14(8-4-1)16-11-12-17(18-13-16)15-9-5-2-6-10-15;1-10-7-8-12(13-9-10)11-5-3-2-4-6-11;1-2-6-10(7-3-1)11-8-4-5-9-12-11;1-8(2)5-10(12)7-11(13)6-9(3)4;1-4(6)3-5(2)7;;;;/h2*6-11,13-14,16-18H,12H2,1-5H3;3-6,8-13,15-16H,14H2,1-2H3;1-9,11-13H;2-5,7-9H,1H3;1-6,8-9H;7-9,12H,5-6H2,1-4H3;3,6H,1-2H3;;;;/q6*-1;;;;;;. The molecule has 0 aliphatic rings. The van der Waals surface area contributed by atoms with E-state index in [1.54, 1.807) is 6.20 Å². The number of ketones is 2. The molecule has 18 rings (SSSR count). The number of hydrogen-bond donors (Lipinski definition) is 2.